The van der Waals surface area contributed by atoms with Crippen LogP contribution >= 0.6 is 0 Å². The maximum Gasteiger partial charge on any atom is 0.225 e. The van der Waals surface area contributed by atoms with Crippen molar-refractivity contribution in [1.29, 1.82) is 0 Å². The van der Waals surface area contributed by atoms with E-state index in [1.165, 1.54) is 0 Å². The molecule has 6 nitrogen and oxygen atoms in total. The van der Waals surface area contributed by atoms with Gasteiger partial charge in [0.15, 0.2) is 0 Å². The molecule has 3 heterocycles. The van der Waals surface area contributed by atoms with Crippen LogP contribution < -0.4 is 4.90 Å². The van der Waals surface area contributed by atoms with Gasteiger partial charge in [0.2, 0.25) is 5.95 Å². The summed E-state index contributed by atoms with van der Waals surface area (Å²) in [5.41, 5.74) is 2.08. The lowest BCUT2D eigenvalue weighted by atomic mass is 10.3. The quantitative estimate of drug-likeness (QED) is 0.822. The fourth-order valence-corrected chi connectivity index (χ4v) is 2.20. The molecule has 0 aromatic carbocycles. The Morgan fingerprint density at radius 3 is 2.53 bits per heavy atom. The first-order valence-corrected chi connectivity index (χ1v) is 6.46. The molecular formula is C13H17N5O. The maximum atomic E-state index is 4.85. The molecular weight excluding hydrogens is 242 g/mol. The first kappa shape index (κ1) is 12.1. The highest BCUT2D eigenvalue weighted by molar-refractivity contribution is 5.30. The van der Waals surface area contributed by atoms with Crippen LogP contribution in [0.2, 0.25) is 0 Å². The topological polar surface area (TPSA) is 58.3 Å². The summed E-state index contributed by atoms with van der Waals surface area (Å²) in [6.07, 6.45) is 5.35. The molecule has 19 heavy (non-hydrogen) atoms. The number of aryl methyl sites for hydroxylation is 1. The number of aromatic nitrogens is 3. The third-order valence-corrected chi connectivity index (χ3v) is 3.30. The third-order valence-electron chi connectivity index (χ3n) is 3.30. The first-order chi connectivity index (χ1) is 9.31. The Morgan fingerprint density at radius 1 is 1.16 bits per heavy atom. The van der Waals surface area contributed by atoms with Gasteiger partial charge in [-0.1, -0.05) is 5.16 Å². The van der Waals surface area contributed by atoms with E-state index < -0.39 is 0 Å². The monoisotopic (exact) mass is 259 g/mol. The van der Waals surface area contributed by atoms with E-state index in [2.05, 4.69) is 24.9 Å². The van der Waals surface area contributed by atoms with Crippen molar-refractivity contribution < 1.29 is 4.52 Å². The average molecular weight is 259 g/mol. The Labute approximate surface area is 112 Å². The van der Waals surface area contributed by atoms with Gasteiger partial charge >= 0.3 is 0 Å². The van der Waals surface area contributed by atoms with E-state index in [0.29, 0.717) is 0 Å². The molecule has 0 amide bonds. The van der Waals surface area contributed by atoms with Crippen LogP contribution in [0.15, 0.2) is 29.2 Å². The van der Waals surface area contributed by atoms with Crippen LogP contribution in [0.4, 0.5) is 5.95 Å². The van der Waals surface area contributed by atoms with Crippen molar-refractivity contribution in [2.45, 2.75) is 13.5 Å². The molecule has 0 unspecified atom stereocenters. The van der Waals surface area contributed by atoms with Crippen LogP contribution in [0.25, 0.3) is 0 Å². The lowest BCUT2D eigenvalue weighted by Crippen LogP contribution is -2.46. The lowest BCUT2D eigenvalue weighted by molar-refractivity contribution is 0.241. The van der Waals surface area contributed by atoms with Crippen LogP contribution in [0.5, 0.6) is 0 Å². The molecule has 0 bridgehead atoms. The number of hydrogen-bond donors (Lipinski definition) is 0. The van der Waals surface area contributed by atoms with E-state index in [1.807, 2.05) is 25.4 Å². The molecule has 0 radical (unpaired) electrons. The average Bonchev–Trinajstić information content (AvgIpc) is 2.94. The van der Waals surface area contributed by atoms with Gasteiger partial charge in [-0.2, -0.15) is 0 Å². The zero-order chi connectivity index (χ0) is 13.1. The predicted octanol–water partition coefficient (Wildman–Crippen LogP) is 1.10. The van der Waals surface area contributed by atoms with Crippen molar-refractivity contribution in [3.8, 4) is 0 Å². The number of hydrogen-bond acceptors (Lipinski definition) is 6. The highest BCUT2D eigenvalue weighted by atomic mass is 16.5. The summed E-state index contributed by atoms with van der Waals surface area (Å²) in [7, 11) is 0. The fourth-order valence-electron chi connectivity index (χ4n) is 2.20. The second-order valence-electron chi connectivity index (χ2n) is 4.81. The summed E-state index contributed by atoms with van der Waals surface area (Å²) < 4.78 is 4.85. The number of rotatable bonds is 3. The zero-order valence-corrected chi connectivity index (χ0v) is 11.0. The van der Waals surface area contributed by atoms with Gasteiger partial charge in [-0.25, -0.2) is 9.97 Å². The Kier molecular flexibility index (Phi) is 3.41. The number of nitrogens with zero attached hydrogens (tertiary/aromatic N) is 5. The van der Waals surface area contributed by atoms with Crippen molar-refractivity contribution >= 4 is 5.95 Å². The Bertz CT molecular complexity index is 502. The number of anilines is 1. The highest BCUT2D eigenvalue weighted by Gasteiger charge is 2.19. The van der Waals surface area contributed by atoms with Crippen LogP contribution in [0, 0.1) is 6.92 Å². The van der Waals surface area contributed by atoms with Gasteiger partial charge in [-0.05, 0) is 12.5 Å². The van der Waals surface area contributed by atoms with Crippen molar-refractivity contribution in [3.63, 3.8) is 0 Å². The van der Waals surface area contributed by atoms with Gasteiger partial charge in [-0.15, -0.1) is 0 Å². The van der Waals surface area contributed by atoms with Crippen LogP contribution in [0.1, 0.15) is 11.3 Å². The summed E-state index contributed by atoms with van der Waals surface area (Å²) in [5.74, 6) is 0.826. The summed E-state index contributed by atoms with van der Waals surface area (Å²) >= 11 is 0. The minimum Gasteiger partial charge on any atom is -0.364 e. The minimum atomic E-state index is 0.826. The summed E-state index contributed by atoms with van der Waals surface area (Å²) in [5, 5.41) is 3.94. The minimum absolute atomic E-state index is 0.826. The predicted molar refractivity (Wildman–Crippen MR) is 70.8 cm³/mol. The fraction of sp³-hybridized carbons (Fsp3) is 0.462. The first-order valence-electron chi connectivity index (χ1n) is 6.46. The molecule has 100 valence electrons. The molecule has 3 rings (SSSR count). The largest absolute Gasteiger partial charge is 0.364 e. The normalized spacial score (nSPS) is 16.8. The van der Waals surface area contributed by atoms with Crippen LogP contribution in [-0.4, -0.2) is 46.2 Å². The zero-order valence-electron chi connectivity index (χ0n) is 11.0. The Morgan fingerprint density at radius 2 is 1.89 bits per heavy atom. The molecule has 6 heteroatoms. The summed E-state index contributed by atoms with van der Waals surface area (Å²) in [4.78, 5) is 13.3. The highest BCUT2D eigenvalue weighted by Crippen LogP contribution is 2.12. The Hall–Kier alpha value is -1.95. The van der Waals surface area contributed by atoms with Crippen LogP contribution in [0.3, 0.4) is 0 Å². The molecule has 0 spiro atoms. The maximum absolute atomic E-state index is 4.85. The molecule has 1 aliphatic rings. The van der Waals surface area contributed by atoms with Crippen molar-refractivity contribution in [3.05, 3.63) is 36.0 Å². The van der Waals surface area contributed by atoms with E-state index in [0.717, 1.165) is 49.9 Å². The smallest absolute Gasteiger partial charge is 0.225 e. The molecule has 1 fully saturated rings. The molecule has 2 aromatic heterocycles. The molecule has 0 saturated carbocycles. The molecule has 0 aliphatic carbocycles. The van der Waals surface area contributed by atoms with Gasteiger partial charge in [0.1, 0.15) is 6.26 Å². The van der Waals surface area contributed by atoms with Gasteiger partial charge < -0.3 is 9.42 Å². The molecule has 1 aliphatic heterocycles. The molecule has 0 N–H and O–H groups in total. The van der Waals surface area contributed by atoms with E-state index in [4.69, 9.17) is 4.52 Å². The van der Waals surface area contributed by atoms with E-state index in [9.17, 15) is 0 Å². The lowest BCUT2D eigenvalue weighted by Gasteiger charge is -2.34. The molecule has 0 atom stereocenters. The van der Waals surface area contributed by atoms with Crippen molar-refractivity contribution in [1.82, 2.24) is 20.0 Å². The van der Waals surface area contributed by atoms with Crippen molar-refractivity contribution in [2.75, 3.05) is 31.1 Å². The van der Waals surface area contributed by atoms with E-state index in [1.54, 1.807) is 6.26 Å². The van der Waals surface area contributed by atoms with Gasteiger partial charge in [0, 0.05) is 51.2 Å². The van der Waals surface area contributed by atoms with Gasteiger partial charge in [-0.3, -0.25) is 4.90 Å². The Balaban J connectivity index is 1.56. The van der Waals surface area contributed by atoms with Gasteiger partial charge in [0.05, 0.1) is 5.69 Å². The SMILES string of the molecule is Cc1cnc(N2CCN(Cc3ccon3)CC2)nc1. The second kappa shape index (κ2) is 5.36. The van der Waals surface area contributed by atoms with Crippen molar-refractivity contribution in [2.24, 2.45) is 0 Å². The second-order valence-corrected chi connectivity index (χ2v) is 4.81. The number of piperazine rings is 1. The summed E-state index contributed by atoms with van der Waals surface area (Å²) in [6.45, 7) is 6.72. The molecule has 2 aromatic rings. The van der Waals surface area contributed by atoms with Crippen LogP contribution in [-0.2, 0) is 6.54 Å². The van der Waals surface area contributed by atoms with E-state index >= 15 is 0 Å². The van der Waals surface area contributed by atoms with Gasteiger partial charge in [0.25, 0.3) is 0 Å². The standard InChI is InChI=1S/C13H17N5O/c1-11-8-14-13(15-9-11)18-5-3-17(4-6-18)10-12-2-7-19-16-12/h2,7-9H,3-6,10H2,1H3. The summed E-state index contributed by atoms with van der Waals surface area (Å²) in [6, 6.07) is 1.91. The van der Waals surface area contributed by atoms with E-state index in [-0.39, 0.29) is 0 Å². The third kappa shape index (κ3) is 2.90. The molecule has 1 saturated heterocycles.